The number of aromatic nitrogens is 2. The first-order chi connectivity index (χ1) is 11.8. The average Bonchev–Trinajstić information content (AvgIpc) is 2.88. The molecular weight excluding hydrogens is 371 g/mol. The Labute approximate surface area is 148 Å². The van der Waals surface area contributed by atoms with Crippen molar-refractivity contribution in [3.05, 3.63) is 46.7 Å². The fraction of sp³-hybridized carbons (Fsp3) is 0.267. The van der Waals surface area contributed by atoms with E-state index in [1.54, 1.807) is 6.07 Å². The van der Waals surface area contributed by atoms with Gasteiger partial charge in [-0.1, -0.05) is 17.7 Å². The second-order valence-corrected chi connectivity index (χ2v) is 8.23. The molecule has 2 N–H and O–H groups in total. The zero-order chi connectivity index (χ0) is 18.0. The molecule has 1 fully saturated rings. The van der Waals surface area contributed by atoms with E-state index < -0.39 is 21.6 Å². The van der Waals surface area contributed by atoms with Gasteiger partial charge in [0.15, 0.2) is 15.7 Å². The van der Waals surface area contributed by atoms with Gasteiger partial charge in [0, 0.05) is 6.04 Å². The first kappa shape index (κ1) is 17.6. The molecule has 1 unspecified atom stereocenters. The highest BCUT2D eigenvalue weighted by Gasteiger charge is 2.28. The van der Waals surface area contributed by atoms with Gasteiger partial charge in [-0.2, -0.15) is 0 Å². The summed E-state index contributed by atoms with van der Waals surface area (Å²) in [6.07, 6.45) is 0.508. The van der Waals surface area contributed by atoms with Crippen molar-refractivity contribution in [1.82, 2.24) is 10.2 Å². The van der Waals surface area contributed by atoms with E-state index >= 15 is 0 Å². The van der Waals surface area contributed by atoms with Gasteiger partial charge in [-0.3, -0.25) is 4.79 Å². The third-order valence-corrected chi connectivity index (χ3v) is 5.76. The van der Waals surface area contributed by atoms with Crippen LogP contribution in [0.5, 0.6) is 0 Å². The number of nitrogens with one attached hydrogen (secondary N) is 2. The van der Waals surface area contributed by atoms with E-state index in [2.05, 4.69) is 20.8 Å². The molecule has 2 heterocycles. The third-order valence-electron chi connectivity index (χ3n) is 3.68. The predicted molar refractivity (Wildman–Crippen MR) is 92.1 cm³/mol. The summed E-state index contributed by atoms with van der Waals surface area (Å²) in [7, 11) is -2.99. The molecule has 132 valence electrons. The van der Waals surface area contributed by atoms with Crippen LogP contribution in [0.3, 0.4) is 0 Å². The number of hydrogen-bond donors (Lipinski definition) is 2. The molecule has 1 amide bonds. The maximum atomic E-state index is 13.7. The minimum Gasteiger partial charge on any atom is -0.365 e. The highest BCUT2D eigenvalue weighted by Crippen LogP contribution is 2.20. The first-order valence-corrected chi connectivity index (χ1v) is 9.60. The molecule has 7 nitrogen and oxygen atoms in total. The Hall–Kier alpha value is -2.26. The number of halogens is 2. The van der Waals surface area contributed by atoms with Crippen molar-refractivity contribution in [2.24, 2.45) is 0 Å². The standard InChI is InChI=1S/C15H14ClFN4O3S/c16-10-2-1-3-11(17)14(10)15(22)19-13-5-4-12(20-21-13)18-9-6-7-25(23,24)8-9/h1-5,9H,6-8H2,(H,18,20)(H,19,21,22). The van der Waals surface area contributed by atoms with Crippen molar-refractivity contribution in [1.29, 1.82) is 0 Å². The van der Waals surface area contributed by atoms with Crippen LogP contribution in [0.1, 0.15) is 16.8 Å². The number of carbonyl (C=O) groups is 1. The van der Waals surface area contributed by atoms with Crippen LogP contribution in [0, 0.1) is 5.82 Å². The van der Waals surface area contributed by atoms with E-state index in [-0.39, 0.29) is 34.0 Å². The predicted octanol–water partition coefficient (Wildman–Crippen LogP) is 2.12. The SMILES string of the molecule is O=C(Nc1ccc(NC2CCS(=O)(=O)C2)nn1)c1c(F)cccc1Cl. The summed E-state index contributed by atoms with van der Waals surface area (Å²) in [6.45, 7) is 0. The largest absolute Gasteiger partial charge is 0.365 e. The Morgan fingerprint density at radius 2 is 1.92 bits per heavy atom. The van der Waals surface area contributed by atoms with Gasteiger partial charge in [0.25, 0.3) is 5.91 Å². The summed E-state index contributed by atoms with van der Waals surface area (Å²) >= 11 is 5.84. The molecule has 1 aliphatic rings. The third kappa shape index (κ3) is 4.23. The van der Waals surface area contributed by atoms with E-state index in [0.717, 1.165) is 6.07 Å². The van der Waals surface area contributed by atoms with Crippen molar-refractivity contribution in [3.63, 3.8) is 0 Å². The second kappa shape index (κ2) is 6.93. The van der Waals surface area contributed by atoms with Crippen LogP contribution in [0.15, 0.2) is 30.3 Å². The van der Waals surface area contributed by atoms with Gasteiger partial charge in [0.1, 0.15) is 11.6 Å². The van der Waals surface area contributed by atoms with Crippen LogP contribution in [0.25, 0.3) is 0 Å². The molecule has 0 bridgehead atoms. The summed E-state index contributed by atoms with van der Waals surface area (Å²) < 4.78 is 36.6. The smallest absolute Gasteiger partial charge is 0.261 e. The lowest BCUT2D eigenvalue weighted by Crippen LogP contribution is -2.21. The molecular formula is C15H14ClFN4O3S. The minimum atomic E-state index is -2.99. The van der Waals surface area contributed by atoms with Crippen LogP contribution in [0.4, 0.5) is 16.0 Å². The molecule has 1 aromatic carbocycles. The lowest BCUT2D eigenvalue weighted by Gasteiger charge is -2.11. The Morgan fingerprint density at radius 1 is 1.20 bits per heavy atom. The highest BCUT2D eigenvalue weighted by molar-refractivity contribution is 7.91. The molecule has 25 heavy (non-hydrogen) atoms. The summed E-state index contributed by atoms with van der Waals surface area (Å²) in [5.41, 5.74) is -0.274. The molecule has 1 aliphatic heterocycles. The van der Waals surface area contributed by atoms with Crippen LogP contribution < -0.4 is 10.6 Å². The molecule has 1 saturated heterocycles. The normalized spacial score (nSPS) is 18.7. The molecule has 1 aromatic heterocycles. The maximum absolute atomic E-state index is 13.7. The topological polar surface area (TPSA) is 101 Å². The van der Waals surface area contributed by atoms with Crippen LogP contribution in [0.2, 0.25) is 5.02 Å². The molecule has 0 saturated carbocycles. The lowest BCUT2D eigenvalue weighted by molar-refractivity contribution is 0.102. The number of sulfone groups is 1. The molecule has 0 radical (unpaired) electrons. The molecule has 0 spiro atoms. The highest BCUT2D eigenvalue weighted by atomic mass is 35.5. The number of amides is 1. The van der Waals surface area contributed by atoms with Gasteiger partial charge in [0.2, 0.25) is 0 Å². The second-order valence-electron chi connectivity index (χ2n) is 5.60. The van der Waals surface area contributed by atoms with E-state index in [0.29, 0.717) is 12.2 Å². The van der Waals surface area contributed by atoms with E-state index in [9.17, 15) is 17.6 Å². The van der Waals surface area contributed by atoms with Gasteiger partial charge in [-0.05, 0) is 30.7 Å². The fourth-order valence-corrected chi connectivity index (χ4v) is 4.41. The monoisotopic (exact) mass is 384 g/mol. The zero-order valence-electron chi connectivity index (χ0n) is 12.9. The molecule has 2 aromatic rings. The number of hydrogen-bond acceptors (Lipinski definition) is 6. The Bertz CT molecular complexity index is 885. The van der Waals surface area contributed by atoms with E-state index in [1.165, 1.54) is 18.2 Å². The van der Waals surface area contributed by atoms with Gasteiger partial charge in [0.05, 0.1) is 22.1 Å². The quantitative estimate of drug-likeness (QED) is 0.837. The van der Waals surface area contributed by atoms with Crippen molar-refractivity contribution in [2.45, 2.75) is 12.5 Å². The number of benzene rings is 1. The number of anilines is 2. The van der Waals surface area contributed by atoms with Gasteiger partial charge in [-0.25, -0.2) is 12.8 Å². The molecule has 3 rings (SSSR count). The molecule has 1 atom stereocenters. The van der Waals surface area contributed by atoms with Crippen molar-refractivity contribution < 1.29 is 17.6 Å². The van der Waals surface area contributed by atoms with Gasteiger partial charge < -0.3 is 10.6 Å². The van der Waals surface area contributed by atoms with E-state index in [4.69, 9.17) is 11.6 Å². The Morgan fingerprint density at radius 3 is 2.52 bits per heavy atom. The Balaban J connectivity index is 1.66. The number of nitrogens with zero attached hydrogens (tertiary/aromatic N) is 2. The summed E-state index contributed by atoms with van der Waals surface area (Å²) in [5, 5.41) is 13.1. The van der Waals surface area contributed by atoms with Crippen LogP contribution >= 0.6 is 11.6 Å². The van der Waals surface area contributed by atoms with Crippen molar-refractivity contribution >= 4 is 39.0 Å². The number of carbonyl (C=O) groups excluding carboxylic acids is 1. The maximum Gasteiger partial charge on any atom is 0.261 e. The van der Waals surface area contributed by atoms with Gasteiger partial charge >= 0.3 is 0 Å². The fourth-order valence-electron chi connectivity index (χ4n) is 2.49. The summed E-state index contributed by atoms with van der Waals surface area (Å²) in [6, 6.07) is 6.76. The number of rotatable bonds is 4. The van der Waals surface area contributed by atoms with Crippen LogP contribution in [-0.4, -0.2) is 42.1 Å². The van der Waals surface area contributed by atoms with Crippen molar-refractivity contribution in [3.8, 4) is 0 Å². The lowest BCUT2D eigenvalue weighted by atomic mass is 10.2. The van der Waals surface area contributed by atoms with Crippen molar-refractivity contribution in [2.75, 3.05) is 22.1 Å². The minimum absolute atomic E-state index is 0.00816. The Kier molecular flexibility index (Phi) is 4.87. The summed E-state index contributed by atoms with van der Waals surface area (Å²) in [5.74, 6) is -0.759. The molecule has 10 heteroatoms. The zero-order valence-corrected chi connectivity index (χ0v) is 14.4. The van der Waals surface area contributed by atoms with Gasteiger partial charge in [-0.15, -0.1) is 10.2 Å². The molecule has 0 aliphatic carbocycles. The average molecular weight is 385 g/mol. The van der Waals surface area contributed by atoms with E-state index in [1.807, 2.05) is 0 Å². The first-order valence-electron chi connectivity index (χ1n) is 7.40. The van der Waals surface area contributed by atoms with Crippen LogP contribution in [-0.2, 0) is 9.84 Å². The summed E-state index contributed by atoms with van der Waals surface area (Å²) in [4.78, 5) is 12.1.